The van der Waals surface area contributed by atoms with Gasteiger partial charge < -0.3 is 15.6 Å². The number of terminal acetylenes is 1. The van der Waals surface area contributed by atoms with Crippen molar-refractivity contribution in [1.82, 2.24) is 0 Å². The van der Waals surface area contributed by atoms with Crippen molar-refractivity contribution in [2.75, 3.05) is 6.54 Å². The Bertz CT molecular complexity index is 407. The zero-order valence-electron chi connectivity index (χ0n) is 8.06. The third-order valence-corrected chi connectivity index (χ3v) is 1.78. The highest BCUT2D eigenvalue weighted by molar-refractivity contribution is 5.89. The first-order valence-electron chi connectivity index (χ1n) is 4.37. The number of phenols is 1. The van der Waals surface area contributed by atoms with E-state index in [1.165, 1.54) is 12.1 Å². The molecule has 0 saturated heterocycles. The van der Waals surface area contributed by atoms with Gasteiger partial charge in [-0.05, 0) is 30.7 Å². The molecule has 0 atom stereocenters. The van der Waals surface area contributed by atoms with E-state index < -0.39 is 5.97 Å². The molecule has 78 valence electrons. The van der Waals surface area contributed by atoms with E-state index in [2.05, 4.69) is 0 Å². The zero-order chi connectivity index (χ0) is 11.3. The molecule has 0 aliphatic rings. The predicted molar refractivity (Wildman–Crippen MR) is 55.3 cm³/mol. The number of aromatic hydroxyl groups is 1. The van der Waals surface area contributed by atoms with Gasteiger partial charge in [-0.1, -0.05) is 6.07 Å². The second kappa shape index (κ2) is 5.03. The fraction of sp³-hybridized carbons (Fsp3) is 0.182. The third-order valence-electron chi connectivity index (χ3n) is 1.78. The van der Waals surface area contributed by atoms with Crippen molar-refractivity contribution in [3.05, 3.63) is 23.8 Å². The standard InChI is InChI=1S/C11H11NO3/c1-2-11(14)15-10-7-8(5-6-12)3-4-9(10)13/h1,3-4,7,13H,5-6,12H2. The highest BCUT2D eigenvalue weighted by atomic mass is 16.5. The van der Waals surface area contributed by atoms with E-state index in [1.54, 1.807) is 12.0 Å². The lowest BCUT2D eigenvalue weighted by Crippen LogP contribution is -2.06. The largest absolute Gasteiger partial charge is 0.504 e. The minimum Gasteiger partial charge on any atom is -0.504 e. The summed E-state index contributed by atoms with van der Waals surface area (Å²) in [6, 6.07) is 4.68. The van der Waals surface area contributed by atoms with Crippen LogP contribution in [0.4, 0.5) is 0 Å². The van der Waals surface area contributed by atoms with E-state index in [9.17, 15) is 9.90 Å². The normalized spacial score (nSPS) is 9.33. The van der Waals surface area contributed by atoms with E-state index in [1.807, 2.05) is 0 Å². The number of hydrogen-bond donors (Lipinski definition) is 2. The van der Waals surface area contributed by atoms with Crippen LogP contribution in [0, 0.1) is 12.3 Å². The van der Waals surface area contributed by atoms with Gasteiger partial charge in [0, 0.05) is 5.92 Å². The minimum absolute atomic E-state index is 0.0592. The Kier molecular flexibility index (Phi) is 3.72. The van der Waals surface area contributed by atoms with Gasteiger partial charge in [-0.25, -0.2) is 4.79 Å². The van der Waals surface area contributed by atoms with Gasteiger partial charge in [0.1, 0.15) is 0 Å². The second-order valence-electron chi connectivity index (χ2n) is 2.87. The van der Waals surface area contributed by atoms with Crippen LogP contribution in [-0.4, -0.2) is 17.6 Å². The summed E-state index contributed by atoms with van der Waals surface area (Å²) in [5.74, 6) is 0.891. The lowest BCUT2D eigenvalue weighted by molar-refractivity contribution is -0.128. The summed E-state index contributed by atoms with van der Waals surface area (Å²) >= 11 is 0. The molecular weight excluding hydrogens is 194 g/mol. The smallest absolute Gasteiger partial charge is 0.389 e. The monoisotopic (exact) mass is 205 g/mol. The molecule has 4 heteroatoms. The van der Waals surface area contributed by atoms with E-state index >= 15 is 0 Å². The number of benzene rings is 1. The molecule has 1 aromatic rings. The van der Waals surface area contributed by atoms with Gasteiger partial charge in [0.25, 0.3) is 0 Å². The highest BCUT2D eigenvalue weighted by Crippen LogP contribution is 2.26. The summed E-state index contributed by atoms with van der Waals surface area (Å²) in [7, 11) is 0. The maximum absolute atomic E-state index is 10.8. The van der Waals surface area contributed by atoms with Gasteiger partial charge in [0.2, 0.25) is 0 Å². The first-order chi connectivity index (χ1) is 7.17. The van der Waals surface area contributed by atoms with Crippen LogP contribution < -0.4 is 10.5 Å². The molecule has 0 aliphatic heterocycles. The number of ether oxygens (including phenoxy) is 1. The van der Waals surface area contributed by atoms with Crippen LogP contribution in [0.1, 0.15) is 5.56 Å². The Balaban J connectivity index is 2.91. The molecule has 0 aromatic heterocycles. The van der Waals surface area contributed by atoms with Crippen molar-refractivity contribution in [3.8, 4) is 23.8 Å². The van der Waals surface area contributed by atoms with Crippen molar-refractivity contribution in [1.29, 1.82) is 0 Å². The molecule has 0 aliphatic carbocycles. The maximum atomic E-state index is 10.8. The van der Waals surface area contributed by atoms with Crippen molar-refractivity contribution in [2.24, 2.45) is 5.73 Å². The minimum atomic E-state index is -0.838. The van der Waals surface area contributed by atoms with Crippen molar-refractivity contribution >= 4 is 5.97 Å². The molecule has 0 spiro atoms. The topological polar surface area (TPSA) is 72.5 Å². The number of nitrogens with two attached hydrogens (primary N) is 1. The molecule has 0 fully saturated rings. The van der Waals surface area contributed by atoms with Crippen LogP contribution >= 0.6 is 0 Å². The number of phenolic OH excluding ortho intramolecular Hbond substituents is 1. The predicted octanol–water partition coefficient (Wildman–Crippen LogP) is 0.432. The SMILES string of the molecule is C#CC(=O)Oc1cc(CCN)ccc1O. The van der Waals surface area contributed by atoms with Crippen LogP contribution in [0.25, 0.3) is 0 Å². The lowest BCUT2D eigenvalue weighted by Gasteiger charge is -2.05. The molecule has 4 nitrogen and oxygen atoms in total. The molecule has 1 aromatic carbocycles. The molecule has 1 rings (SSSR count). The fourth-order valence-electron chi connectivity index (χ4n) is 1.09. The van der Waals surface area contributed by atoms with Gasteiger partial charge in [0.15, 0.2) is 11.5 Å². The van der Waals surface area contributed by atoms with E-state index in [4.69, 9.17) is 16.9 Å². The van der Waals surface area contributed by atoms with Crippen LogP contribution in [0.5, 0.6) is 11.5 Å². The van der Waals surface area contributed by atoms with Gasteiger partial charge in [0.05, 0.1) is 0 Å². The van der Waals surface area contributed by atoms with Crippen LogP contribution in [0.2, 0.25) is 0 Å². The molecule has 0 unspecified atom stereocenters. The van der Waals surface area contributed by atoms with Crippen LogP contribution in [-0.2, 0) is 11.2 Å². The first kappa shape index (κ1) is 11.1. The Morgan fingerprint density at radius 3 is 2.93 bits per heavy atom. The van der Waals surface area contributed by atoms with E-state index in [0.29, 0.717) is 13.0 Å². The molecule has 0 amide bonds. The van der Waals surface area contributed by atoms with Crippen LogP contribution in [0.15, 0.2) is 18.2 Å². The molecule has 0 heterocycles. The Morgan fingerprint density at radius 2 is 2.33 bits per heavy atom. The molecular formula is C11H11NO3. The zero-order valence-corrected chi connectivity index (χ0v) is 8.06. The average molecular weight is 205 g/mol. The Morgan fingerprint density at radius 1 is 1.60 bits per heavy atom. The molecule has 3 N–H and O–H groups in total. The van der Waals surface area contributed by atoms with Crippen molar-refractivity contribution in [3.63, 3.8) is 0 Å². The fourth-order valence-corrected chi connectivity index (χ4v) is 1.09. The number of carbonyl (C=O) groups excluding carboxylic acids is 1. The summed E-state index contributed by atoms with van der Waals surface area (Å²) in [4.78, 5) is 10.8. The number of rotatable bonds is 3. The van der Waals surface area contributed by atoms with Gasteiger partial charge in [-0.15, -0.1) is 6.42 Å². The Labute approximate surface area is 87.7 Å². The van der Waals surface area contributed by atoms with Gasteiger partial charge >= 0.3 is 5.97 Å². The summed E-state index contributed by atoms with van der Waals surface area (Å²) in [6.07, 6.45) is 5.48. The van der Waals surface area contributed by atoms with Gasteiger partial charge in [-0.2, -0.15) is 0 Å². The van der Waals surface area contributed by atoms with Crippen molar-refractivity contribution < 1.29 is 14.6 Å². The molecule has 0 saturated carbocycles. The highest BCUT2D eigenvalue weighted by Gasteiger charge is 2.07. The van der Waals surface area contributed by atoms with E-state index in [0.717, 1.165) is 5.56 Å². The number of hydrogen-bond acceptors (Lipinski definition) is 4. The molecule has 0 radical (unpaired) electrons. The third kappa shape index (κ3) is 3.01. The first-order valence-corrected chi connectivity index (χ1v) is 4.37. The number of carbonyl (C=O) groups is 1. The summed E-state index contributed by atoms with van der Waals surface area (Å²) < 4.78 is 4.72. The van der Waals surface area contributed by atoms with Crippen molar-refractivity contribution in [2.45, 2.75) is 6.42 Å². The second-order valence-corrected chi connectivity index (χ2v) is 2.87. The summed E-state index contributed by atoms with van der Waals surface area (Å²) in [5, 5.41) is 9.37. The molecule has 15 heavy (non-hydrogen) atoms. The summed E-state index contributed by atoms with van der Waals surface area (Å²) in [5.41, 5.74) is 6.24. The maximum Gasteiger partial charge on any atom is 0.389 e. The lowest BCUT2D eigenvalue weighted by atomic mass is 10.1. The van der Waals surface area contributed by atoms with Crippen LogP contribution in [0.3, 0.4) is 0 Å². The Hall–Kier alpha value is -1.99. The summed E-state index contributed by atoms with van der Waals surface area (Å²) in [6.45, 7) is 0.479. The van der Waals surface area contributed by atoms with Gasteiger partial charge in [-0.3, -0.25) is 0 Å². The average Bonchev–Trinajstić information content (AvgIpc) is 2.23. The molecule has 0 bridgehead atoms. The number of esters is 1. The quantitative estimate of drug-likeness (QED) is 0.325. The van der Waals surface area contributed by atoms with E-state index in [-0.39, 0.29) is 11.5 Å².